The summed E-state index contributed by atoms with van der Waals surface area (Å²) in [5, 5.41) is 0. The number of halogens is 4. The van der Waals surface area contributed by atoms with Gasteiger partial charge in [0, 0.05) is 12.6 Å². The van der Waals surface area contributed by atoms with Gasteiger partial charge in [0.2, 0.25) is 0 Å². The fraction of sp³-hybridized carbons (Fsp3) is 0.188. The Labute approximate surface area is 143 Å². The van der Waals surface area contributed by atoms with Crippen LogP contribution in [-0.4, -0.2) is 19.4 Å². The number of nitrogens with zero attached hydrogens (tertiary/aromatic N) is 1. The van der Waals surface area contributed by atoms with Crippen LogP contribution in [0.3, 0.4) is 0 Å². The minimum absolute atomic E-state index is 0.109. The highest BCUT2D eigenvalue weighted by molar-refractivity contribution is 9.10. The monoisotopic (exact) mass is 401 g/mol. The standard InChI is InChI=1S/C16H11BrF3NO3/c1-23-9-4-2-8(3-5-9)7-21-14-11(24-16(22)15(21)20)6-10(18)12(17)13(14)19/h2-6,15H,7H2,1H3. The summed E-state index contributed by atoms with van der Waals surface area (Å²) < 4.78 is 51.6. The third-order valence-electron chi connectivity index (χ3n) is 3.58. The molecule has 1 unspecified atom stereocenters. The van der Waals surface area contributed by atoms with Crippen molar-refractivity contribution in [3.63, 3.8) is 0 Å². The fourth-order valence-corrected chi connectivity index (χ4v) is 2.70. The highest BCUT2D eigenvalue weighted by Gasteiger charge is 2.38. The van der Waals surface area contributed by atoms with Gasteiger partial charge >= 0.3 is 5.97 Å². The third kappa shape index (κ3) is 2.82. The number of alkyl halides is 1. The molecule has 0 amide bonds. The molecule has 0 fully saturated rings. The maximum Gasteiger partial charge on any atom is 0.367 e. The van der Waals surface area contributed by atoms with E-state index in [-0.39, 0.29) is 18.0 Å². The van der Waals surface area contributed by atoms with Gasteiger partial charge in [-0.15, -0.1) is 0 Å². The molecule has 126 valence electrons. The number of esters is 1. The molecule has 8 heteroatoms. The quantitative estimate of drug-likeness (QED) is 0.337. The van der Waals surface area contributed by atoms with Crippen LogP contribution in [0.25, 0.3) is 0 Å². The summed E-state index contributed by atoms with van der Waals surface area (Å²) in [7, 11) is 1.50. The molecular formula is C16H11BrF3NO3. The smallest absolute Gasteiger partial charge is 0.367 e. The zero-order valence-electron chi connectivity index (χ0n) is 12.4. The van der Waals surface area contributed by atoms with Gasteiger partial charge in [-0.3, -0.25) is 0 Å². The van der Waals surface area contributed by atoms with Crippen molar-refractivity contribution in [3.05, 3.63) is 52.0 Å². The Balaban J connectivity index is 2.03. The largest absolute Gasteiger partial charge is 0.497 e. The summed E-state index contributed by atoms with van der Waals surface area (Å²) in [4.78, 5) is 12.5. The molecule has 0 spiro atoms. The number of hydrogen-bond acceptors (Lipinski definition) is 4. The summed E-state index contributed by atoms with van der Waals surface area (Å²) in [6.07, 6.45) is -2.20. The summed E-state index contributed by atoms with van der Waals surface area (Å²) in [6, 6.07) is 7.46. The number of fused-ring (bicyclic) bond motifs is 1. The van der Waals surface area contributed by atoms with Gasteiger partial charge in [-0.2, -0.15) is 0 Å². The van der Waals surface area contributed by atoms with E-state index in [1.807, 2.05) is 0 Å². The summed E-state index contributed by atoms with van der Waals surface area (Å²) in [5.41, 5.74) is 0.296. The SMILES string of the molecule is COc1ccc(CN2c3c(cc(F)c(Br)c3F)OC(=O)C2F)cc1. The Bertz CT molecular complexity index is 798. The molecule has 0 saturated carbocycles. The fourth-order valence-electron chi connectivity index (χ4n) is 2.39. The van der Waals surface area contributed by atoms with E-state index in [2.05, 4.69) is 20.7 Å². The predicted molar refractivity (Wildman–Crippen MR) is 83.8 cm³/mol. The zero-order chi connectivity index (χ0) is 17.4. The second-order valence-corrected chi connectivity index (χ2v) is 5.86. The van der Waals surface area contributed by atoms with Gasteiger partial charge in [-0.05, 0) is 33.6 Å². The van der Waals surface area contributed by atoms with Crippen LogP contribution in [0.2, 0.25) is 0 Å². The molecule has 1 aliphatic rings. The van der Waals surface area contributed by atoms with E-state index in [1.165, 1.54) is 7.11 Å². The predicted octanol–water partition coefficient (Wildman–Crippen LogP) is 3.96. The van der Waals surface area contributed by atoms with Crippen LogP contribution in [0.4, 0.5) is 18.9 Å². The van der Waals surface area contributed by atoms with Gasteiger partial charge < -0.3 is 14.4 Å². The number of benzene rings is 2. The van der Waals surface area contributed by atoms with E-state index < -0.39 is 28.4 Å². The highest BCUT2D eigenvalue weighted by Crippen LogP contribution is 2.42. The Morgan fingerprint density at radius 3 is 2.58 bits per heavy atom. The first-order chi connectivity index (χ1) is 11.4. The highest BCUT2D eigenvalue weighted by atomic mass is 79.9. The van der Waals surface area contributed by atoms with Crippen molar-refractivity contribution in [2.45, 2.75) is 12.8 Å². The van der Waals surface area contributed by atoms with Gasteiger partial charge in [0.25, 0.3) is 6.30 Å². The van der Waals surface area contributed by atoms with Gasteiger partial charge in [-0.1, -0.05) is 12.1 Å². The van der Waals surface area contributed by atoms with Crippen molar-refractivity contribution >= 4 is 27.6 Å². The summed E-state index contributed by atoms with van der Waals surface area (Å²) >= 11 is 2.77. The molecule has 1 atom stereocenters. The number of carbonyl (C=O) groups excluding carboxylic acids is 1. The van der Waals surface area contributed by atoms with Crippen LogP contribution in [0, 0.1) is 11.6 Å². The molecule has 0 bridgehead atoms. The van der Waals surface area contributed by atoms with Crippen LogP contribution in [-0.2, 0) is 11.3 Å². The van der Waals surface area contributed by atoms with Gasteiger partial charge in [0.05, 0.1) is 11.6 Å². The Kier molecular flexibility index (Phi) is 4.40. The molecule has 24 heavy (non-hydrogen) atoms. The van der Waals surface area contributed by atoms with E-state index in [4.69, 9.17) is 4.74 Å². The van der Waals surface area contributed by atoms with E-state index in [1.54, 1.807) is 24.3 Å². The van der Waals surface area contributed by atoms with Crippen molar-refractivity contribution in [2.24, 2.45) is 0 Å². The first-order valence-corrected chi connectivity index (χ1v) is 7.64. The molecule has 3 rings (SSSR count). The molecule has 0 saturated heterocycles. The van der Waals surface area contributed by atoms with Crippen LogP contribution in [0.15, 0.2) is 34.8 Å². The van der Waals surface area contributed by atoms with Crippen LogP contribution in [0.5, 0.6) is 11.5 Å². The minimum Gasteiger partial charge on any atom is -0.497 e. The molecule has 1 heterocycles. The number of ether oxygens (including phenoxy) is 2. The molecule has 0 N–H and O–H groups in total. The van der Waals surface area contributed by atoms with E-state index in [9.17, 15) is 18.0 Å². The Hall–Kier alpha value is -2.22. The average Bonchev–Trinajstić information content (AvgIpc) is 2.57. The number of carbonyl (C=O) groups is 1. The summed E-state index contributed by atoms with van der Waals surface area (Å²) in [5.74, 6) is -2.96. The molecule has 2 aromatic carbocycles. The average molecular weight is 402 g/mol. The zero-order valence-corrected chi connectivity index (χ0v) is 13.9. The Morgan fingerprint density at radius 2 is 1.96 bits per heavy atom. The van der Waals surface area contributed by atoms with Crippen molar-refractivity contribution in [2.75, 3.05) is 12.0 Å². The second-order valence-electron chi connectivity index (χ2n) is 5.07. The second kappa shape index (κ2) is 6.35. The molecule has 0 aromatic heterocycles. The lowest BCUT2D eigenvalue weighted by molar-refractivity contribution is -0.141. The molecule has 2 aromatic rings. The molecular weight excluding hydrogens is 391 g/mol. The first kappa shape index (κ1) is 16.6. The van der Waals surface area contributed by atoms with Gasteiger partial charge in [-0.25, -0.2) is 18.0 Å². The van der Waals surface area contributed by atoms with Crippen LogP contribution < -0.4 is 14.4 Å². The number of hydrogen-bond donors (Lipinski definition) is 0. The van der Waals surface area contributed by atoms with Gasteiger partial charge in [0.15, 0.2) is 11.6 Å². The summed E-state index contributed by atoms with van der Waals surface area (Å²) in [6.45, 7) is -0.109. The maximum atomic E-state index is 14.4. The molecule has 1 aliphatic heterocycles. The maximum absolute atomic E-state index is 14.4. The van der Waals surface area contributed by atoms with Crippen molar-refractivity contribution < 1.29 is 27.4 Å². The van der Waals surface area contributed by atoms with Crippen molar-refractivity contribution in [1.82, 2.24) is 0 Å². The van der Waals surface area contributed by atoms with Crippen LogP contribution in [0.1, 0.15) is 5.56 Å². The topological polar surface area (TPSA) is 38.8 Å². The normalized spacial score (nSPS) is 16.6. The lowest BCUT2D eigenvalue weighted by Gasteiger charge is -2.33. The van der Waals surface area contributed by atoms with Crippen molar-refractivity contribution in [1.29, 1.82) is 0 Å². The Morgan fingerprint density at radius 1 is 1.29 bits per heavy atom. The molecule has 0 aliphatic carbocycles. The van der Waals surface area contributed by atoms with Gasteiger partial charge in [0.1, 0.15) is 17.3 Å². The molecule has 0 radical (unpaired) electrons. The van der Waals surface area contributed by atoms with Crippen LogP contribution >= 0.6 is 15.9 Å². The van der Waals surface area contributed by atoms with Crippen molar-refractivity contribution in [3.8, 4) is 11.5 Å². The number of rotatable bonds is 3. The third-order valence-corrected chi connectivity index (χ3v) is 4.31. The van der Waals surface area contributed by atoms with E-state index in [0.717, 1.165) is 11.0 Å². The van der Waals surface area contributed by atoms with E-state index >= 15 is 0 Å². The van der Waals surface area contributed by atoms with E-state index in [0.29, 0.717) is 11.3 Å². The lowest BCUT2D eigenvalue weighted by Crippen LogP contribution is -2.44. The first-order valence-electron chi connectivity index (χ1n) is 6.85. The number of methoxy groups -OCH3 is 1. The number of anilines is 1. The lowest BCUT2D eigenvalue weighted by atomic mass is 10.1. The molecule has 4 nitrogen and oxygen atoms in total. The minimum atomic E-state index is -2.20.